The number of esters is 2. The molecule has 2 amide bonds. The van der Waals surface area contributed by atoms with Crippen molar-refractivity contribution in [2.24, 2.45) is 0 Å². The van der Waals surface area contributed by atoms with Crippen LogP contribution in [-0.2, 0) is 28.7 Å². The predicted octanol–water partition coefficient (Wildman–Crippen LogP) is 1.19. The first-order chi connectivity index (χ1) is 15.5. The molecule has 1 unspecified atom stereocenters. The second-order valence-electron chi connectivity index (χ2n) is 7.88. The van der Waals surface area contributed by atoms with E-state index in [0.29, 0.717) is 5.75 Å². The number of rotatable bonds is 10. The van der Waals surface area contributed by atoms with Crippen molar-refractivity contribution in [3.05, 3.63) is 41.8 Å². The number of aliphatic hydroxyl groups is 1. The highest BCUT2D eigenvalue weighted by Crippen LogP contribution is 2.33. The summed E-state index contributed by atoms with van der Waals surface area (Å²) in [5.74, 6) is -2.36. The van der Waals surface area contributed by atoms with E-state index in [1.165, 1.54) is 5.41 Å². The molecule has 10 nitrogen and oxygen atoms in total. The van der Waals surface area contributed by atoms with Gasteiger partial charge in [0.1, 0.15) is 22.8 Å². The van der Waals surface area contributed by atoms with E-state index in [2.05, 4.69) is 5.32 Å². The molecule has 11 heteroatoms. The minimum absolute atomic E-state index is 0.194. The monoisotopic (exact) mass is 480 g/mol. The lowest BCUT2D eigenvalue weighted by Crippen LogP contribution is -2.73. The van der Waals surface area contributed by atoms with E-state index in [1.807, 2.05) is 0 Å². The Kier molecular flexibility index (Phi) is 9.30. The standard InChI is InChI=1S/C22H28N2O8S/c1-5-30-16(26)11-12-33-20-17(23-15(25)13-31-14-9-7-6-8-10-14)18(27)24(20)19(28)21(29)32-22(2,3)4/h6-12,17,19-20,28H,5,13H2,1-4H3,(H,23,25)/t17-,19?,20-/m1/s1. The number of nitrogens with one attached hydrogen (secondary N) is 1. The van der Waals surface area contributed by atoms with Crippen molar-refractivity contribution in [2.45, 2.75) is 50.9 Å². The molecule has 1 heterocycles. The Morgan fingerprint density at radius 1 is 1.24 bits per heavy atom. The summed E-state index contributed by atoms with van der Waals surface area (Å²) in [6.07, 6.45) is -0.731. The number of hydrogen-bond donors (Lipinski definition) is 2. The van der Waals surface area contributed by atoms with Crippen molar-refractivity contribution in [1.29, 1.82) is 0 Å². The first-order valence-corrected chi connectivity index (χ1v) is 11.2. The number of likely N-dealkylation sites (tertiary alicyclic amines) is 1. The van der Waals surface area contributed by atoms with Crippen molar-refractivity contribution >= 4 is 35.5 Å². The quantitative estimate of drug-likeness (QED) is 0.288. The number of para-hydroxylation sites is 1. The van der Waals surface area contributed by atoms with Gasteiger partial charge in [0, 0.05) is 6.08 Å². The van der Waals surface area contributed by atoms with E-state index < -0.39 is 47.0 Å². The number of benzene rings is 1. The molecule has 0 aromatic heterocycles. The van der Waals surface area contributed by atoms with Gasteiger partial charge in [-0.1, -0.05) is 18.2 Å². The van der Waals surface area contributed by atoms with Crippen LogP contribution in [0.3, 0.4) is 0 Å². The van der Waals surface area contributed by atoms with Gasteiger partial charge in [-0.15, -0.1) is 11.8 Å². The molecular formula is C22H28N2O8S. The average Bonchev–Trinajstić information content (AvgIpc) is 2.75. The maximum absolute atomic E-state index is 12.7. The second-order valence-corrected chi connectivity index (χ2v) is 8.91. The van der Waals surface area contributed by atoms with Crippen LogP contribution in [0, 0.1) is 0 Å². The zero-order chi connectivity index (χ0) is 24.6. The van der Waals surface area contributed by atoms with Crippen LogP contribution in [0.1, 0.15) is 27.7 Å². The van der Waals surface area contributed by atoms with E-state index in [-0.39, 0.29) is 13.2 Å². The molecular weight excluding hydrogens is 452 g/mol. The minimum Gasteiger partial charge on any atom is -0.484 e. The molecule has 0 radical (unpaired) electrons. The van der Waals surface area contributed by atoms with E-state index in [0.717, 1.165) is 22.7 Å². The highest BCUT2D eigenvalue weighted by molar-refractivity contribution is 8.02. The van der Waals surface area contributed by atoms with Crippen molar-refractivity contribution in [3.63, 3.8) is 0 Å². The zero-order valence-electron chi connectivity index (χ0n) is 18.8. The topological polar surface area (TPSA) is 131 Å². The van der Waals surface area contributed by atoms with E-state index in [1.54, 1.807) is 58.0 Å². The number of β-lactam (4-membered cyclic amide) rings is 1. The number of nitrogens with zero attached hydrogens (tertiary/aromatic N) is 1. The van der Waals surface area contributed by atoms with Gasteiger partial charge in [-0.3, -0.25) is 14.5 Å². The van der Waals surface area contributed by atoms with Gasteiger partial charge in [0.15, 0.2) is 6.61 Å². The summed E-state index contributed by atoms with van der Waals surface area (Å²) in [7, 11) is 0. The van der Waals surface area contributed by atoms with E-state index >= 15 is 0 Å². The molecule has 0 spiro atoms. The van der Waals surface area contributed by atoms with Gasteiger partial charge in [-0.2, -0.15) is 0 Å². The highest BCUT2D eigenvalue weighted by atomic mass is 32.2. The summed E-state index contributed by atoms with van der Waals surface area (Å²) in [4.78, 5) is 49.7. The third-order valence-corrected chi connectivity index (χ3v) is 5.17. The van der Waals surface area contributed by atoms with Crippen LogP contribution < -0.4 is 10.1 Å². The molecule has 180 valence electrons. The van der Waals surface area contributed by atoms with Crippen LogP contribution >= 0.6 is 11.8 Å². The molecule has 1 aliphatic heterocycles. The van der Waals surface area contributed by atoms with Crippen LogP contribution in [0.5, 0.6) is 5.75 Å². The Bertz CT molecular complexity index is 884. The molecule has 0 bridgehead atoms. The normalized spacial score (nSPS) is 18.9. The largest absolute Gasteiger partial charge is 0.484 e. The van der Waals surface area contributed by atoms with E-state index in [9.17, 15) is 24.3 Å². The van der Waals surface area contributed by atoms with Crippen molar-refractivity contribution < 1.29 is 38.5 Å². The predicted molar refractivity (Wildman–Crippen MR) is 120 cm³/mol. The van der Waals surface area contributed by atoms with Gasteiger partial charge >= 0.3 is 11.9 Å². The van der Waals surface area contributed by atoms with Gasteiger partial charge in [-0.25, -0.2) is 9.59 Å². The Labute approximate surface area is 196 Å². The number of amides is 2. The van der Waals surface area contributed by atoms with Crippen LogP contribution in [0.4, 0.5) is 0 Å². The molecule has 1 saturated heterocycles. The second kappa shape index (κ2) is 11.7. The fourth-order valence-electron chi connectivity index (χ4n) is 2.74. The highest BCUT2D eigenvalue weighted by Gasteiger charge is 2.53. The SMILES string of the molecule is CCOC(=O)C=CS[C@@H]1[C@H](NC(=O)COc2ccccc2)C(=O)N1C(O)C(=O)OC(C)(C)C. The summed E-state index contributed by atoms with van der Waals surface area (Å²) in [5, 5.41) is 13.4. The first kappa shape index (κ1) is 26.2. The molecule has 2 rings (SSSR count). The summed E-state index contributed by atoms with van der Waals surface area (Å²) < 4.78 is 15.3. The molecule has 1 aliphatic rings. The third kappa shape index (κ3) is 7.79. The molecule has 1 fully saturated rings. The van der Waals surface area contributed by atoms with Gasteiger partial charge in [0.05, 0.1) is 6.61 Å². The molecule has 1 aromatic rings. The number of carbonyl (C=O) groups excluding carboxylic acids is 4. The van der Waals surface area contributed by atoms with Crippen LogP contribution in [-0.4, -0.2) is 70.2 Å². The number of carbonyl (C=O) groups is 4. The molecule has 33 heavy (non-hydrogen) atoms. The number of thioether (sulfide) groups is 1. The van der Waals surface area contributed by atoms with Crippen molar-refractivity contribution in [3.8, 4) is 5.75 Å². The maximum atomic E-state index is 12.7. The smallest absolute Gasteiger partial charge is 0.357 e. The molecule has 1 aromatic carbocycles. The average molecular weight is 481 g/mol. The van der Waals surface area contributed by atoms with Crippen LogP contribution in [0.2, 0.25) is 0 Å². The zero-order valence-corrected chi connectivity index (χ0v) is 19.7. The Morgan fingerprint density at radius 2 is 1.91 bits per heavy atom. The lowest BCUT2D eigenvalue weighted by Gasteiger charge is -2.47. The first-order valence-electron chi connectivity index (χ1n) is 10.2. The fourth-order valence-corrected chi connectivity index (χ4v) is 3.78. The number of ether oxygens (including phenoxy) is 3. The minimum atomic E-state index is -1.88. The van der Waals surface area contributed by atoms with Crippen LogP contribution in [0.25, 0.3) is 0 Å². The summed E-state index contributed by atoms with van der Waals surface area (Å²) in [6.45, 7) is 6.39. The van der Waals surface area contributed by atoms with Gasteiger partial charge in [0.2, 0.25) is 6.23 Å². The lowest BCUT2D eigenvalue weighted by molar-refractivity contribution is -0.189. The summed E-state index contributed by atoms with van der Waals surface area (Å²) >= 11 is 0.958. The molecule has 2 N–H and O–H groups in total. The third-order valence-electron chi connectivity index (χ3n) is 4.10. The summed E-state index contributed by atoms with van der Waals surface area (Å²) in [5.41, 5.74) is -0.874. The summed E-state index contributed by atoms with van der Waals surface area (Å²) in [6, 6.07) is 7.61. The Hall–Kier alpha value is -3.05. The lowest BCUT2D eigenvalue weighted by atomic mass is 10.1. The molecule has 0 saturated carbocycles. The van der Waals surface area contributed by atoms with Crippen molar-refractivity contribution in [1.82, 2.24) is 10.2 Å². The maximum Gasteiger partial charge on any atom is 0.357 e. The fraction of sp³-hybridized carbons (Fsp3) is 0.455. The number of aliphatic hydroxyl groups excluding tert-OH is 1. The van der Waals surface area contributed by atoms with Crippen molar-refractivity contribution in [2.75, 3.05) is 13.2 Å². The van der Waals surface area contributed by atoms with Crippen LogP contribution in [0.15, 0.2) is 41.8 Å². The van der Waals surface area contributed by atoms with Gasteiger partial charge < -0.3 is 24.6 Å². The Balaban J connectivity index is 2.06. The van der Waals surface area contributed by atoms with E-state index in [4.69, 9.17) is 14.2 Å². The molecule has 3 atom stereocenters. The molecule has 0 aliphatic carbocycles. The number of hydrogen-bond acceptors (Lipinski definition) is 9. The van der Waals surface area contributed by atoms with Gasteiger partial charge in [-0.05, 0) is 45.2 Å². The van der Waals surface area contributed by atoms with Gasteiger partial charge in [0.25, 0.3) is 11.8 Å². The Morgan fingerprint density at radius 3 is 2.52 bits per heavy atom.